The minimum absolute atomic E-state index is 0.0836. The van der Waals surface area contributed by atoms with Crippen LogP contribution in [0.1, 0.15) is 31.9 Å². The molecule has 4 N–H and O–H groups in total. The van der Waals surface area contributed by atoms with E-state index in [-0.39, 0.29) is 23.9 Å². The van der Waals surface area contributed by atoms with Gasteiger partial charge in [-0.3, -0.25) is 4.79 Å². The van der Waals surface area contributed by atoms with Gasteiger partial charge in [-0.1, -0.05) is 19.9 Å². The Balaban J connectivity index is 1.82. The smallest absolute Gasteiger partial charge is 0.319 e. The van der Waals surface area contributed by atoms with Crippen molar-refractivity contribution in [2.24, 2.45) is 5.92 Å². The standard InChI is InChI=1S/C20H23F2N3O3/c1-12(2)9-19(27)24-14-4-6-15(7-5-14)25-20(28)23-11-18(26)13-3-8-16(21)17(22)10-13/h3-8,10,12,18,26H,9,11H2,1-2H3,(H,24,27)(H2,23,25,28). The van der Waals surface area contributed by atoms with E-state index in [1.807, 2.05) is 13.8 Å². The van der Waals surface area contributed by atoms with Gasteiger partial charge in [0.25, 0.3) is 0 Å². The van der Waals surface area contributed by atoms with Crippen LogP contribution >= 0.6 is 0 Å². The maximum Gasteiger partial charge on any atom is 0.319 e. The van der Waals surface area contributed by atoms with Crippen LogP contribution in [0.4, 0.5) is 25.0 Å². The number of rotatable bonds is 7. The summed E-state index contributed by atoms with van der Waals surface area (Å²) in [5, 5.41) is 17.7. The molecule has 0 spiro atoms. The fraction of sp³-hybridized carbons (Fsp3) is 0.300. The lowest BCUT2D eigenvalue weighted by Crippen LogP contribution is -2.32. The number of nitrogens with one attached hydrogen (secondary N) is 3. The van der Waals surface area contributed by atoms with Crippen LogP contribution in [0, 0.1) is 17.6 Å². The van der Waals surface area contributed by atoms with Crippen molar-refractivity contribution in [1.82, 2.24) is 5.32 Å². The molecule has 0 saturated carbocycles. The molecule has 0 radical (unpaired) electrons. The summed E-state index contributed by atoms with van der Waals surface area (Å²) < 4.78 is 26.1. The van der Waals surface area contributed by atoms with Gasteiger partial charge >= 0.3 is 6.03 Å². The van der Waals surface area contributed by atoms with Crippen LogP contribution in [-0.4, -0.2) is 23.6 Å². The van der Waals surface area contributed by atoms with E-state index in [2.05, 4.69) is 16.0 Å². The molecule has 0 aromatic heterocycles. The van der Waals surface area contributed by atoms with E-state index in [0.29, 0.717) is 17.8 Å². The van der Waals surface area contributed by atoms with Crippen LogP contribution in [0.25, 0.3) is 0 Å². The largest absolute Gasteiger partial charge is 0.387 e. The first-order valence-corrected chi connectivity index (χ1v) is 8.82. The van der Waals surface area contributed by atoms with Gasteiger partial charge in [0.05, 0.1) is 6.10 Å². The van der Waals surface area contributed by atoms with Crippen molar-refractivity contribution < 1.29 is 23.5 Å². The van der Waals surface area contributed by atoms with E-state index in [1.165, 1.54) is 6.07 Å². The Morgan fingerprint density at radius 1 is 0.964 bits per heavy atom. The number of urea groups is 1. The maximum atomic E-state index is 13.2. The molecule has 2 aromatic rings. The average Bonchev–Trinajstić information content (AvgIpc) is 2.63. The van der Waals surface area contributed by atoms with Gasteiger partial charge in [-0.05, 0) is 47.9 Å². The first kappa shape index (κ1) is 21.3. The summed E-state index contributed by atoms with van der Waals surface area (Å²) in [6.45, 7) is 3.73. The monoisotopic (exact) mass is 391 g/mol. The first-order valence-electron chi connectivity index (χ1n) is 8.82. The predicted octanol–water partition coefficient (Wildman–Crippen LogP) is 3.80. The third kappa shape index (κ3) is 6.62. The number of anilines is 2. The van der Waals surface area contributed by atoms with Gasteiger partial charge < -0.3 is 21.1 Å². The molecule has 1 atom stereocenters. The molecule has 6 nitrogen and oxygen atoms in total. The quantitative estimate of drug-likeness (QED) is 0.579. The molecular formula is C20H23F2N3O3. The van der Waals surface area contributed by atoms with Gasteiger partial charge in [-0.2, -0.15) is 0 Å². The van der Waals surface area contributed by atoms with Crippen molar-refractivity contribution in [3.8, 4) is 0 Å². The number of amides is 3. The lowest BCUT2D eigenvalue weighted by atomic mass is 10.1. The Morgan fingerprint density at radius 2 is 1.57 bits per heavy atom. The molecular weight excluding hydrogens is 368 g/mol. The van der Waals surface area contributed by atoms with E-state index in [1.54, 1.807) is 24.3 Å². The van der Waals surface area contributed by atoms with Gasteiger partial charge in [0.2, 0.25) is 5.91 Å². The maximum absolute atomic E-state index is 13.2. The van der Waals surface area contributed by atoms with Crippen LogP contribution in [0.5, 0.6) is 0 Å². The SMILES string of the molecule is CC(C)CC(=O)Nc1ccc(NC(=O)NCC(O)c2ccc(F)c(F)c2)cc1. The summed E-state index contributed by atoms with van der Waals surface area (Å²) in [6, 6.07) is 9.02. The second-order valence-corrected chi connectivity index (χ2v) is 6.75. The lowest BCUT2D eigenvalue weighted by Gasteiger charge is -2.13. The number of carbonyl (C=O) groups is 2. The van der Waals surface area contributed by atoms with Crippen molar-refractivity contribution in [2.75, 3.05) is 17.2 Å². The second kappa shape index (κ2) is 9.80. The van der Waals surface area contributed by atoms with Crippen LogP contribution in [-0.2, 0) is 4.79 Å². The summed E-state index contributed by atoms with van der Waals surface area (Å²) in [7, 11) is 0. The second-order valence-electron chi connectivity index (χ2n) is 6.75. The highest BCUT2D eigenvalue weighted by atomic mass is 19.2. The first-order chi connectivity index (χ1) is 13.2. The lowest BCUT2D eigenvalue weighted by molar-refractivity contribution is -0.116. The Hall–Kier alpha value is -3.00. The van der Waals surface area contributed by atoms with E-state index in [4.69, 9.17) is 0 Å². The van der Waals surface area contributed by atoms with Crippen molar-refractivity contribution in [3.63, 3.8) is 0 Å². The van der Waals surface area contributed by atoms with Gasteiger partial charge in [0, 0.05) is 24.3 Å². The molecule has 0 aliphatic carbocycles. The molecule has 150 valence electrons. The summed E-state index contributed by atoms with van der Waals surface area (Å²) in [5.74, 6) is -1.90. The Bertz CT molecular complexity index is 826. The van der Waals surface area contributed by atoms with Crippen LogP contribution in [0.2, 0.25) is 0 Å². The van der Waals surface area contributed by atoms with Crippen molar-refractivity contribution in [3.05, 3.63) is 59.7 Å². The van der Waals surface area contributed by atoms with E-state index in [9.17, 15) is 23.5 Å². The molecule has 8 heteroatoms. The highest BCUT2D eigenvalue weighted by Gasteiger charge is 2.12. The highest BCUT2D eigenvalue weighted by molar-refractivity contribution is 5.92. The Kier molecular flexibility index (Phi) is 7.45. The van der Waals surface area contributed by atoms with Crippen molar-refractivity contribution in [2.45, 2.75) is 26.4 Å². The van der Waals surface area contributed by atoms with Gasteiger partial charge in [0.15, 0.2) is 11.6 Å². The fourth-order valence-electron chi connectivity index (χ4n) is 2.42. The van der Waals surface area contributed by atoms with Crippen LogP contribution < -0.4 is 16.0 Å². The number of hydrogen-bond acceptors (Lipinski definition) is 3. The zero-order chi connectivity index (χ0) is 20.7. The number of aliphatic hydroxyl groups excluding tert-OH is 1. The number of benzene rings is 2. The molecule has 2 rings (SSSR count). The zero-order valence-corrected chi connectivity index (χ0v) is 15.6. The molecule has 0 heterocycles. The van der Waals surface area contributed by atoms with E-state index < -0.39 is 23.8 Å². The minimum Gasteiger partial charge on any atom is -0.387 e. The Labute approximate surface area is 162 Å². The topological polar surface area (TPSA) is 90.5 Å². The van der Waals surface area contributed by atoms with Gasteiger partial charge in [-0.15, -0.1) is 0 Å². The van der Waals surface area contributed by atoms with E-state index in [0.717, 1.165) is 12.1 Å². The van der Waals surface area contributed by atoms with Crippen molar-refractivity contribution >= 4 is 23.3 Å². The number of carbonyl (C=O) groups excluding carboxylic acids is 2. The molecule has 0 fully saturated rings. The molecule has 0 bridgehead atoms. The summed E-state index contributed by atoms with van der Waals surface area (Å²) in [5.41, 5.74) is 1.26. The number of aliphatic hydroxyl groups is 1. The molecule has 0 aliphatic rings. The summed E-state index contributed by atoms with van der Waals surface area (Å²) in [6.07, 6.45) is -0.762. The van der Waals surface area contributed by atoms with Crippen LogP contribution in [0.15, 0.2) is 42.5 Å². The summed E-state index contributed by atoms with van der Waals surface area (Å²) in [4.78, 5) is 23.6. The third-order valence-electron chi connectivity index (χ3n) is 3.80. The third-order valence-corrected chi connectivity index (χ3v) is 3.80. The Morgan fingerprint density at radius 3 is 2.14 bits per heavy atom. The zero-order valence-electron chi connectivity index (χ0n) is 15.6. The van der Waals surface area contributed by atoms with Crippen LogP contribution in [0.3, 0.4) is 0 Å². The van der Waals surface area contributed by atoms with Gasteiger partial charge in [-0.25, -0.2) is 13.6 Å². The van der Waals surface area contributed by atoms with Gasteiger partial charge in [0.1, 0.15) is 0 Å². The fourth-order valence-corrected chi connectivity index (χ4v) is 2.42. The van der Waals surface area contributed by atoms with E-state index >= 15 is 0 Å². The highest BCUT2D eigenvalue weighted by Crippen LogP contribution is 2.16. The number of hydrogen-bond donors (Lipinski definition) is 4. The number of halogens is 2. The minimum atomic E-state index is -1.18. The molecule has 1 unspecified atom stereocenters. The average molecular weight is 391 g/mol. The molecule has 28 heavy (non-hydrogen) atoms. The molecule has 2 aromatic carbocycles. The summed E-state index contributed by atoms with van der Waals surface area (Å²) >= 11 is 0. The predicted molar refractivity (Wildman–Crippen MR) is 103 cm³/mol. The molecule has 3 amide bonds. The normalized spacial score (nSPS) is 11.8. The molecule has 0 aliphatic heterocycles. The molecule has 0 saturated heterocycles. The van der Waals surface area contributed by atoms with Crippen molar-refractivity contribution in [1.29, 1.82) is 0 Å².